The summed E-state index contributed by atoms with van der Waals surface area (Å²) in [5.74, 6) is -1.58. The first-order valence-corrected chi connectivity index (χ1v) is 5.77. The summed E-state index contributed by atoms with van der Waals surface area (Å²) in [5, 5.41) is 0. The van der Waals surface area contributed by atoms with E-state index < -0.39 is 17.4 Å². The predicted molar refractivity (Wildman–Crippen MR) is 71.1 cm³/mol. The summed E-state index contributed by atoms with van der Waals surface area (Å²) in [6.45, 7) is 0. The van der Waals surface area contributed by atoms with Crippen LogP contribution in [-0.4, -0.2) is 10.8 Å². The van der Waals surface area contributed by atoms with E-state index in [0.29, 0.717) is 5.52 Å². The monoisotopic (exact) mass is 272 g/mol. The van der Waals surface area contributed by atoms with Crippen molar-refractivity contribution in [2.24, 2.45) is 0 Å². The molecule has 0 bridgehead atoms. The van der Waals surface area contributed by atoms with Crippen LogP contribution >= 0.6 is 0 Å². The Morgan fingerprint density at radius 3 is 2.80 bits per heavy atom. The number of oxazole rings is 1. The van der Waals surface area contributed by atoms with E-state index in [-0.39, 0.29) is 22.4 Å². The van der Waals surface area contributed by atoms with E-state index in [4.69, 9.17) is 10.2 Å². The van der Waals surface area contributed by atoms with Gasteiger partial charge in [-0.05, 0) is 36.4 Å². The van der Waals surface area contributed by atoms with Crippen LogP contribution in [0.5, 0.6) is 0 Å². The Labute approximate surface area is 111 Å². The summed E-state index contributed by atoms with van der Waals surface area (Å²) < 4.78 is 18.1. The first-order valence-electron chi connectivity index (χ1n) is 5.77. The van der Waals surface area contributed by atoms with Crippen LogP contribution in [0.15, 0.2) is 45.6 Å². The number of anilines is 1. The van der Waals surface area contributed by atoms with Gasteiger partial charge in [-0.3, -0.25) is 9.78 Å². The van der Waals surface area contributed by atoms with Crippen molar-refractivity contribution in [3.05, 3.63) is 63.9 Å². The van der Waals surface area contributed by atoms with Gasteiger partial charge in [-0.1, -0.05) is 0 Å². The molecule has 0 unspecified atom stereocenters. The van der Waals surface area contributed by atoms with Crippen molar-refractivity contribution in [2.45, 2.75) is 0 Å². The molecule has 6 heteroatoms. The molecule has 0 radical (unpaired) electrons. The molecule has 0 saturated carbocycles. The molecule has 0 fully saturated rings. The zero-order valence-electron chi connectivity index (χ0n) is 10.1. The van der Waals surface area contributed by atoms with Gasteiger partial charge < -0.3 is 10.2 Å². The van der Waals surface area contributed by atoms with Crippen molar-refractivity contribution in [3.63, 3.8) is 0 Å². The number of carbonyl (C=O) groups is 1. The number of nitrogens with two attached hydrogens (primary N) is 1. The van der Waals surface area contributed by atoms with Crippen LogP contribution in [0.3, 0.4) is 0 Å². The van der Waals surface area contributed by atoms with Crippen molar-refractivity contribution in [2.75, 3.05) is 5.73 Å². The fourth-order valence-corrected chi connectivity index (χ4v) is 1.97. The second kappa shape index (κ2) is 4.34. The maximum absolute atomic E-state index is 13.2. The minimum absolute atomic E-state index is 0.0715. The number of nitrogen functional groups attached to an aromatic ring is 1. The lowest BCUT2D eigenvalue weighted by Gasteiger charge is -2.05. The van der Waals surface area contributed by atoms with Crippen LogP contribution in [0.4, 0.5) is 10.1 Å². The SMILES string of the molecule is Nc1ccc(F)cc1C(=O)c1ccc2[nH]c(=O)oc2c1. The number of halogens is 1. The minimum atomic E-state index is -0.602. The van der Waals surface area contributed by atoms with Crippen LogP contribution in [0.1, 0.15) is 15.9 Å². The molecular weight excluding hydrogens is 263 g/mol. The molecule has 0 aliphatic rings. The average molecular weight is 272 g/mol. The second-order valence-electron chi connectivity index (χ2n) is 4.29. The fourth-order valence-electron chi connectivity index (χ4n) is 1.97. The zero-order chi connectivity index (χ0) is 14.3. The van der Waals surface area contributed by atoms with Crippen LogP contribution in [0.2, 0.25) is 0 Å². The largest absolute Gasteiger partial charge is 0.417 e. The van der Waals surface area contributed by atoms with Crippen LogP contribution < -0.4 is 11.5 Å². The normalized spacial score (nSPS) is 10.8. The lowest BCUT2D eigenvalue weighted by Crippen LogP contribution is -2.05. The number of hydrogen-bond acceptors (Lipinski definition) is 4. The van der Waals surface area contributed by atoms with Gasteiger partial charge in [-0.2, -0.15) is 0 Å². The average Bonchev–Trinajstić information content (AvgIpc) is 2.79. The molecular formula is C14H9FN2O3. The van der Waals surface area contributed by atoms with Gasteiger partial charge in [0, 0.05) is 16.8 Å². The molecule has 3 aromatic rings. The molecule has 0 saturated heterocycles. The van der Waals surface area contributed by atoms with Crippen LogP contribution in [0, 0.1) is 5.82 Å². The maximum atomic E-state index is 13.2. The van der Waals surface area contributed by atoms with Crippen molar-refractivity contribution < 1.29 is 13.6 Å². The summed E-state index contributed by atoms with van der Waals surface area (Å²) in [6, 6.07) is 8.07. The third-order valence-electron chi connectivity index (χ3n) is 2.94. The molecule has 20 heavy (non-hydrogen) atoms. The van der Waals surface area contributed by atoms with Crippen LogP contribution in [-0.2, 0) is 0 Å². The standard InChI is InChI=1S/C14H9FN2O3/c15-8-2-3-10(16)9(6-8)13(18)7-1-4-11-12(5-7)20-14(19)17-11/h1-6H,16H2,(H,17,19). The third kappa shape index (κ3) is 1.97. The summed E-state index contributed by atoms with van der Waals surface area (Å²) in [5.41, 5.74) is 6.94. The smallest absolute Gasteiger partial charge is 0.408 e. The minimum Gasteiger partial charge on any atom is -0.408 e. The second-order valence-corrected chi connectivity index (χ2v) is 4.29. The highest BCUT2D eigenvalue weighted by molar-refractivity contribution is 6.13. The molecule has 0 aliphatic heterocycles. The number of carbonyl (C=O) groups excluding carboxylic acids is 1. The number of nitrogens with one attached hydrogen (secondary N) is 1. The first-order chi connectivity index (χ1) is 9.54. The first kappa shape index (κ1) is 12.2. The summed E-state index contributed by atoms with van der Waals surface area (Å²) in [4.78, 5) is 25.8. The van der Waals surface area contributed by atoms with Gasteiger partial charge in [0.2, 0.25) is 0 Å². The van der Waals surface area contributed by atoms with E-state index in [0.717, 1.165) is 6.07 Å². The Morgan fingerprint density at radius 1 is 1.20 bits per heavy atom. The van der Waals surface area contributed by atoms with Crippen molar-refractivity contribution in [3.8, 4) is 0 Å². The van der Waals surface area contributed by atoms with Crippen molar-refractivity contribution in [1.82, 2.24) is 4.98 Å². The van der Waals surface area contributed by atoms with Gasteiger partial charge >= 0.3 is 5.76 Å². The van der Waals surface area contributed by atoms with E-state index in [1.54, 1.807) is 6.07 Å². The highest BCUT2D eigenvalue weighted by atomic mass is 19.1. The lowest BCUT2D eigenvalue weighted by atomic mass is 10.0. The number of benzene rings is 2. The molecule has 1 aromatic heterocycles. The molecule has 0 amide bonds. The Hall–Kier alpha value is -2.89. The van der Waals surface area contributed by atoms with E-state index in [9.17, 15) is 14.0 Å². The third-order valence-corrected chi connectivity index (χ3v) is 2.94. The highest BCUT2D eigenvalue weighted by Crippen LogP contribution is 2.20. The van der Waals surface area contributed by atoms with E-state index in [1.165, 1.54) is 24.3 Å². The lowest BCUT2D eigenvalue weighted by molar-refractivity contribution is 0.103. The predicted octanol–water partition coefficient (Wildman–Crippen LogP) is 2.07. The molecule has 5 nitrogen and oxygen atoms in total. The molecule has 1 heterocycles. The number of fused-ring (bicyclic) bond motifs is 1. The quantitative estimate of drug-likeness (QED) is 0.552. The molecule has 0 atom stereocenters. The molecule has 0 aliphatic carbocycles. The van der Waals surface area contributed by atoms with Gasteiger partial charge in [0.15, 0.2) is 11.4 Å². The zero-order valence-corrected chi connectivity index (χ0v) is 10.1. The van der Waals surface area contributed by atoms with Crippen molar-refractivity contribution >= 4 is 22.6 Å². The summed E-state index contributed by atoms with van der Waals surface area (Å²) in [6.07, 6.45) is 0. The van der Waals surface area contributed by atoms with Gasteiger partial charge in [0.05, 0.1) is 5.52 Å². The van der Waals surface area contributed by atoms with Gasteiger partial charge in [-0.15, -0.1) is 0 Å². The van der Waals surface area contributed by atoms with E-state index in [2.05, 4.69) is 4.98 Å². The molecule has 3 N–H and O–H groups in total. The number of aromatic amines is 1. The van der Waals surface area contributed by atoms with E-state index >= 15 is 0 Å². The Bertz CT molecular complexity index is 880. The van der Waals surface area contributed by atoms with Gasteiger partial charge in [-0.25, -0.2) is 9.18 Å². The number of hydrogen-bond donors (Lipinski definition) is 2. The Balaban J connectivity index is 2.12. The molecule has 0 spiro atoms. The fraction of sp³-hybridized carbons (Fsp3) is 0. The topological polar surface area (TPSA) is 89.1 Å². The number of ketones is 1. The van der Waals surface area contributed by atoms with Gasteiger partial charge in [0.1, 0.15) is 5.82 Å². The number of aromatic nitrogens is 1. The molecule has 3 rings (SSSR count). The summed E-state index contributed by atoms with van der Waals surface area (Å²) in [7, 11) is 0. The van der Waals surface area contributed by atoms with Gasteiger partial charge in [0.25, 0.3) is 0 Å². The molecule has 2 aromatic carbocycles. The highest BCUT2D eigenvalue weighted by Gasteiger charge is 2.15. The number of rotatable bonds is 2. The Morgan fingerprint density at radius 2 is 2.00 bits per heavy atom. The van der Waals surface area contributed by atoms with E-state index in [1.807, 2.05) is 0 Å². The van der Waals surface area contributed by atoms with Crippen LogP contribution in [0.25, 0.3) is 11.1 Å². The summed E-state index contributed by atoms with van der Waals surface area (Å²) >= 11 is 0. The maximum Gasteiger partial charge on any atom is 0.417 e. The van der Waals surface area contributed by atoms with Crippen molar-refractivity contribution in [1.29, 1.82) is 0 Å². The number of H-pyrrole nitrogens is 1. The molecule has 100 valence electrons. The Kier molecular flexibility index (Phi) is 2.64.